The quantitative estimate of drug-likeness (QED) is 0.599. The van der Waals surface area contributed by atoms with E-state index >= 15 is 0 Å². The second kappa shape index (κ2) is 5.27. The van der Waals surface area contributed by atoms with Crippen molar-refractivity contribution in [2.24, 2.45) is 10.8 Å². The van der Waals surface area contributed by atoms with Crippen LogP contribution in [0, 0.1) is 10.8 Å². The van der Waals surface area contributed by atoms with Gasteiger partial charge in [0.2, 0.25) is 0 Å². The molecule has 0 saturated heterocycles. The van der Waals surface area contributed by atoms with Crippen LogP contribution in [0.25, 0.3) is 0 Å². The van der Waals surface area contributed by atoms with Gasteiger partial charge in [-0.25, -0.2) is 0 Å². The van der Waals surface area contributed by atoms with E-state index in [0.29, 0.717) is 0 Å². The minimum Gasteiger partial charge on any atom is -0.493 e. The molecule has 0 spiro atoms. The van der Waals surface area contributed by atoms with Crippen LogP contribution in [0.15, 0.2) is 24.3 Å². The number of alkyl halides is 7. The van der Waals surface area contributed by atoms with Crippen molar-refractivity contribution in [1.29, 1.82) is 0 Å². The molecule has 1 aromatic carbocycles. The summed E-state index contributed by atoms with van der Waals surface area (Å²) in [7, 11) is 0. The van der Waals surface area contributed by atoms with Crippen LogP contribution in [0.2, 0.25) is 0 Å². The number of hydrogen-bond donors (Lipinski definition) is 0. The highest BCUT2D eigenvalue weighted by Gasteiger charge is 2.80. The molecule has 0 aliphatic heterocycles. The molecule has 1 nitrogen and oxygen atoms in total. The molecule has 4 rings (SSSR count). The van der Waals surface area contributed by atoms with Gasteiger partial charge >= 0.3 is 18.0 Å². The normalized spacial score (nSPS) is 33.3. The van der Waals surface area contributed by atoms with E-state index in [9.17, 15) is 30.7 Å². The molecule has 25 heavy (non-hydrogen) atoms. The van der Waals surface area contributed by atoms with Crippen LogP contribution in [0.1, 0.15) is 38.2 Å². The highest BCUT2D eigenvalue weighted by molar-refractivity contribution is 5.29. The molecule has 0 N–H and O–H groups in total. The van der Waals surface area contributed by atoms with Crippen LogP contribution >= 0.6 is 0 Å². The van der Waals surface area contributed by atoms with Crippen LogP contribution in [0.3, 0.4) is 0 Å². The summed E-state index contributed by atoms with van der Waals surface area (Å²) in [5, 5.41) is 0. The Kier molecular flexibility index (Phi) is 3.86. The molecule has 0 atom stereocenters. The highest BCUT2D eigenvalue weighted by Crippen LogP contribution is 2.70. The van der Waals surface area contributed by atoms with Crippen LogP contribution < -0.4 is 4.74 Å². The monoisotopic (exact) mass is 370 g/mol. The lowest BCUT2D eigenvalue weighted by atomic mass is 9.50. The minimum atomic E-state index is -4.52. The smallest absolute Gasteiger partial charge is 0.416 e. The predicted molar refractivity (Wildman–Crippen MR) is 75.8 cm³/mol. The molecule has 1 aromatic rings. The molecular weight excluding hydrogens is 353 g/mol. The maximum Gasteiger partial charge on any atom is 0.416 e. The zero-order chi connectivity index (χ0) is 18.7. The van der Waals surface area contributed by atoms with Gasteiger partial charge in [0.25, 0.3) is 0 Å². The maximum atomic E-state index is 14.5. The van der Waals surface area contributed by atoms with Crippen molar-refractivity contribution in [2.45, 2.75) is 50.6 Å². The van der Waals surface area contributed by atoms with Gasteiger partial charge in [0.15, 0.2) is 0 Å². The van der Waals surface area contributed by atoms with Gasteiger partial charge in [-0.2, -0.15) is 30.7 Å². The summed E-state index contributed by atoms with van der Waals surface area (Å²) in [6, 6.07) is 3.54. The average molecular weight is 370 g/mol. The average Bonchev–Trinajstić information content (AvgIpc) is 2.52. The van der Waals surface area contributed by atoms with Crippen molar-refractivity contribution in [3.63, 3.8) is 0 Å². The van der Waals surface area contributed by atoms with Gasteiger partial charge in [0.05, 0.1) is 17.6 Å². The third-order valence-corrected chi connectivity index (χ3v) is 5.83. The Hall–Kier alpha value is -1.47. The molecule has 2 bridgehead atoms. The summed E-state index contributed by atoms with van der Waals surface area (Å²) >= 11 is 0. The second-order valence-corrected chi connectivity index (χ2v) is 7.30. The summed E-state index contributed by atoms with van der Waals surface area (Å²) < 4.78 is 100. The first kappa shape index (κ1) is 18.3. The van der Waals surface area contributed by atoms with Crippen LogP contribution in [-0.2, 0) is 6.18 Å². The van der Waals surface area contributed by atoms with Crippen LogP contribution in [-0.4, -0.2) is 18.5 Å². The highest BCUT2D eigenvalue weighted by atomic mass is 19.4. The zero-order valence-electron chi connectivity index (χ0n) is 13.4. The molecule has 3 fully saturated rings. The molecule has 140 valence electrons. The molecule has 0 amide bonds. The largest absolute Gasteiger partial charge is 0.493 e. The lowest BCUT2D eigenvalue weighted by Gasteiger charge is -2.59. The van der Waals surface area contributed by atoms with Crippen molar-refractivity contribution in [3.05, 3.63) is 29.8 Å². The first-order chi connectivity index (χ1) is 11.3. The standard InChI is InChI=1S/C17H17F7O/c1-13-6-8-14(9-7-13,17(23,24)16(13,21)22)10-25-12-4-2-11(3-5-12)15(18,19)20/h2-5H,6-10H2,1H3. The summed E-state index contributed by atoms with van der Waals surface area (Å²) in [5.41, 5.74) is -4.63. The van der Waals surface area contributed by atoms with Gasteiger partial charge in [-0.05, 0) is 49.9 Å². The lowest BCUT2D eigenvalue weighted by molar-refractivity contribution is -0.367. The van der Waals surface area contributed by atoms with Gasteiger partial charge in [-0.3, -0.25) is 0 Å². The second-order valence-electron chi connectivity index (χ2n) is 7.30. The molecule has 0 aromatic heterocycles. The Morgan fingerprint density at radius 2 is 1.40 bits per heavy atom. The molecule has 8 heteroatoms. The fourth-order valence-corrected chi connectivity index (χ4v) is 3.82. The number of rotatable bonds is 3. The van der Waals surface area contributed by atoms with Crippen molar-refractivity contribution < 1.29 is 35.5 Å². The van der Waals surface area contributed by atoms with Gasteiger partial charge in [-0.15, -0.1) is 0 Å². The third kappa shape index (κ3) is 2.51. The lowest BCUT2D eigenvalue weighted by Crippen LogP contribution is -2.70. The van der Waals surface area contributed by atoms with E-state index < -0.39 is 41.0 Å². The number of hydrogen-bond acceptors (Lipinski definition) is 1. The topological polar surface area (TPSA) is 9.23 Å². The summed E-state index contributed by atoms with van der Waals surface area (Å²) in [6.45, 7) is 0.526. The van der Waals surface area contributed by atoms with E-state index in [1.54, 1.807) is 0 Å². The van der Waals surface area contributed by atoms with Crippen molar-refractivity contribution in [3.8, 4) is 5.75 Å². The van der Waals surface area contributed by atoms with Gasteiger partial charge in [0, 0.05) is 5.41 Å². The minimum absolute atomic E-state index is 0.0358. The molecule has 0 heterocycles. The van der Waals surface area contributed by atoms with E-state index in [2.05, 4.69) is 0 Å². The first-order valence-electron chi connectivity index (χ1n) is 7.90. The molecule has 3 aliphatic carbocycles. The van der Waals surface area contributed by atoms with Crippen LogP contribution in [0.4, 0.5) is 30.7 Å². The SMILES string of the molecule is CC12CCC(COc3ccc(C(F)(F)F)cc3)(CC1)C(F)(F)C2(F)F. The molecule has 3 aliphatic rings. The molecule has 3 saturated carbocycles. The zero-order valence-corrected chi connectivity index (χ0v) is 13.4. The number of benzene rings is 1. The summed E-state index contributed by atoms with van der Waals surface area (Å²) in [4.78, 5) is 0. The fourth-order valence-electron chi connectivity index (χ4n) is 3.82. The van der Waals surface area contributed by atoms with Gasteiger partial charge in [0.1, 0.15) is 5.75 Å². The van der Waals surface area contributed by atoms with Crippen molar-refractivity contribution in [1.82, 2.24) is 0 Å². The van der Waals surface area contributed by atoms with Gasteiger partial charge in [-0.1, -0.05) is 6.92 Å². The number of halogens is 7. The third-order valence-electron chi connectivity index (χ3n) is 5.83. The molecular formula is C17H17F7O. The Labute approximate surface area is 140 Å². The Morgan fingerprint density at radius 1 is 0.880 bits per heavy atom. The van der Waals surface area contributed by atoms with Crippen molar-refractivity contribution >= 4 is 0 Å². The molecule has 0 radical (unpaired) electrons. The first-order valence-corrected chi connectivity index (χ1v) is 7.90. The maximum absolute atomic E-state index is 14.5. The fraction of sp³-hybridized carbons (Fsp3) is 0.647. The Balaban J connectivity index is 1.79. The van der Waals surface area contributed by atoms with E-state index in [1.165, 1.54) is 6.92 Å². The predicted octanol–water partition coefficient (Wildman–Crippen LogP) is 5.94. The summed E-state index contributed by atoms with van der Waals surface area (Å²) in [6.07, 6.45) is -4.80. The van der Waals surface area contributed by atoms with Gasteiger partial charge < -0.3 is 4.74 Å². The summed E-state index contributed by atoms with van der Waals surface area (Å²) in [5.74, 6) is -8.42. The Morgan fingerprint density at radius 3 is 1.88 bits per heavy atom. The van der Waals surface area contributed by atoms with E-state index in [4.69, 9.17) is 4.74 Å². The van der Waals surface area contributed by atoms with E-state index in [0.717, 1.165) is 24.3 Å². The van der Waals surface area contributed by atoms with Crippen molar-refractivity contribution in [2.75, 3.05) is 6.61 Å². The van der Waals surface area contributed by atoms with E-state index in [-0.39, 0.29) is 31.4 Å². The number of fused-ring (bicyclic) bond motifs is 3. The van der Waals surface area contributed by atoms with Crippen LogP contribution in [0.5, 0.6) is 5.75 Å². The van der Waals surface area contributed by atoms with E-state index in [1.807, 2.05) is 0 Å². The Bertz CT molecular complexity index is 640. The number of ether oxygens (including phenoxy) is 1. The molecule has 0 unspecified atom stereocenters.